The van der Waals surface area contributed by atoms with E-state index in [1.807, 2.05) is 0 Å². The molecule has 0 fully saturated rings. The van der Waals surface area contributed by atoms with Crippen molar-refractivity contribution in [3.8, 4) is 0 Å². The van der Waals surface area contributed by atoms with Crippen molar-refractivity contribution in [2.24, 2.45) is 10.7 Å². The molecule has 0 bridgehead atoms. The minimum Gasteiger partial charge on any atom is -0.385 e. The van der Waals surface area contributed by atoms with Crippen molar-refractivity contribution in [1.82, 2.24) is 4.98 Å². The second-order valence-corrected chi connectivity index (χ2v) is 5.91. The first-order valence-electron chi connectivity index (χ1n) is 7.82. The quantitative estimate of drug-likeness (QED) is 0.749. The molecule has 4 N–H and O–H groups in total. The molecule has 27 heavy (non-hydrogen) atoms. The van der Waals surface area contributed by atoms with Gasteiger partial charge in [-0.25, -0.2) is 13.2 Å². The number of pyridine rings is 1. The first-order chi connectivity index (χ1) is 12.8. The molecule has 2 aromatic rings. The number of nitrogens with zero attached hydrogens (tertiary/aromatic N) is 1. The van der Waals surface area contributed by atoms with Gasteiger partial charge in [-0.05, 0) is 24.3 Å². The highest BCUT2D eigenvalue weighted by Gasteiger charge is 2.46. The number of hydrogen-bond donors (Lipinski definition) is 3. The monoisotopic (exact) mass is 380 g/mol. The fourth-order valence-electron chi connectivity index (χ4n) is 2.69. The van der Waals surface area contributed by atoms with Crippen LogP contribution in [-0.2, 0) is 10.3 Å². The van der Waals surface area contributed by atoms with Crippen molar-refractivity contribution in [1.29, 1.82) is 0 Å². The van der Waals surface area contributed by atoms with E-state index in [-0.39, 0.29) is 29.3 Å². The Kier molecular flexibility index (Phi) is 5.00. The van der Waals surface area contributed by atoms with Gasteiger partial charge >= 0.3 is 0 Å². The minimum absolute atomic E-state index is 0.0713. The predicted molar refractivity (Wildman–Crippen MR) is 91.5 cm³/mol. The molecule has 0 radical (unpaired) electrons. The summed E-state index contributed by atoms with van der Waals surface area (Å²) in [5, 5.41) is 2.46. The normalized spacial score (nSPS) is 19.6. The fourth-order valence-corrected chi connectivity index (χ4v) is 2.69. The number of amides is 1. The minimum atomic E-state index is -3.09. The van der Waals surface area contributed by atoms with Gasteiger partial charge in [-0.15, -0.1) is 0 Å². The number of amidine groups is 1. The third kappa shape index (κ3) is 3.70. The van der Waals surface area contributed by atoms with Gasteiger partial charge in [0.1, 0.15) is 18.3 Å². The van der Waals surface area contributed by atoms with Gasteiger partial charge in [0.25, 0.3) is 12.3 Å². The second-order valence-electron chi connectivity index (χ2n) is 5.91. The SMILES string of the molecule is NC1=N[C@@](c2cc(NC(=O)c3ccc(=O)[nH]c3)ccc2F)(C(F)F)COC1. The average molecular weight is 380 g/mol. The number of aromatic amines is 1. The second kappa shape index (κ2) is 7.23. The van der Waals surface area contributed by atoms with Crippen LogP contribution in [0.4, 0.5) is 18.9 Å². The summed E-state index contributed by atoms with van der Waals surface area (Å²) in [7, 11) is 0. The van der Waals surface area contributed by atoms with Gasteiger partial charge in [0.15, 0.2) is 5.54 Å². The van der Waals surface area contributed by atoms with Crippen LogP contribution in [0.25, 0.3) is 0 Å². The van der Waals surface area contributed by atoms with Gasteiger partial charge < -0.3 is 20.8 Å². The van der Waals surface area contributed by atoms with Crippen molar-refractivity contribution in [3.05, 3.63) is 63.8 Å². The van der Waals surface area contributed by atoms with Gasteiger partial charge in [0.2, 0.25) is 5.56 Å². The lowest BCUT2D eigenvalue weighted by Crippen LogP contribution is -2.45. The lowest BCUT2D eigenvalue weighted by atomic mass is 9.90. The summed E-state index contributed by atoms with van der Waals surface area (Å²) >= 11 is 0. The van der Waals surface area contributed by atoms with Crippen LogP contribution in [0.5, 0.6) is 0 Å². The largest absolute Gasteiger partial charge is 0.385 e. The molecule has 142 valence electrons. The summed E-state index contributed by atoms with van der Waals surface area (Å²) in [5.41, 5.74) is 2.58. The van der Waals surface area contributed by atoms with Crippen molar-refractivity contribution in [2.45, 2.75) is 12.0 Å². The van der Waals surface area contributed by atoms with Gasteiger partial charge in [-0.3, -0.25) is 14.6 Å². The van der Waals surface area contributed by atoms with Crippen molar-refractivity contribution < 1.29 is 22.7 Å². The third-order valence-electron chi connectivity index (χ3n) is 4.01. The maximum atomic E-state index is 14.3. The number of H-pyrrole nitrogens is 1. The Bertz CT molecular complexity index is 940. The standard InChI is InChI=1S/C17H15F3N4O3/c18-12-3-2-10(23-15(26)9-1-4-14(25)22-6-9)5-11(12)17(16(19)20)8-27-7-13(21)24-17/h1-6,16H,7-8H2,(H2,21,24)(H,22,25)(H,23,26)/t17-/m0/s1. The van der Waals surface area contributed by atoms with E-state index < -0.39 is 35.9 Å². The first kappa shape index (κ1) is 18.6. The number of benzene rings is 1. The number of halogens is 3. The van der Waals surface area contributed by atoms with E-state index in [2.05, 4.69) is 15.3 Å². The van der Waals surface area contributed by atoms with Gasteiger partial charge in [-0.2, -0.15) is 0 Å². The highest BCUT2D eigenvalue weighted by Crippen LogP contribution is 2.37. The molecule has 0 saturated carbocycles. The highest BCUT2D eigenvalue weighted by atomic mass is 19.3. The zero-order valence-electron chi connectivity index (χ0n) is 13.8. The number of anilines is 1. The number of ether oxygens (including phenoxy) is 1. The topological polar surface area (TPSA) is 110 Å². The Labute approximate surface area is 151 Å². The van der Waals surface area contributed by atoms with E-state index in [4.69, 9.17) is 10.5 Å². The lowest BCUT2D eigenvalue weighted by molar-refractivity contribution is -0.0145. The van der Waals surface area contributed by atoms with Crippen LogP contribution in [0.2, 0.25) is 0 Å². The molecular weight excluding hydrogens is 365 g/mol. The van der Waals surface area contributed by atoms with Gasteiger partial charge in [-0.1, -0.05) is 0 Å². The average Bonchev–Trinajstić information content (AvgIpc) is 2.63. The summed E-state index contributed by atoms with van der Waals surface area (Å²) in [4.78, 5) is 29.4. The van der Waals surface area contributed by atoms with E-state index >= 15 is 0 Å². The number of aromatic nitrogens is 1. The summed E-state index contributed by atoms with van der Waals surface area (Å²) in [6.45, 7) is -0.682. The number of nitrogens with one attached hydrogen (secondary N) is 2. The van der Waals surface area contributed by atoms with E-state index in [1.54, 1.807) is 0 Å². The summed E-state index contributed by atoms with van der Waals surface area (Å²) in [6, 6.07) is 5.68. The van der Waals surface area contributed by atoms with Gasteiger partial charge in [0, 0.05) is 23.5 Å². The van der Waals surface area contributed by atoms with Crippen LogP contribution >= 0.6 is 0 Å². The van der Waals surface area contributed by atoms with Crippen LogP contribution in [-0.4, -0.2) is 36.4 Å². The zero-order valence-corrected chi connectivity index (χ0v) is 13.8. The van der Waals surface area contributed by atoms with Gasteiger partial charge in [0.05, 0.1) is 12.2 Å². The molecule has 1 aromatic heterocycles. The number of carbonyl (C=O) groups is 1. The number of nitrogens with two attached hydrogens (primary N) is 1. The molecule has 1 atom stereocenters. The predicted octanol–water partition coefficient (Wildman–Crippen LogP) is 1.61. The number of aliphatic imine (C=N–C) groups is 1. The van der Waals surface area contributed by atoms with Crippen LogP contribution < -0.4 is 16.6 Å². The number of rotatable bonds is 4. The maximum Gasteiger partial charge on any atom is 0.269 e. The Balaban J connectivity index is 1.96. The molecule has 10 heteroatoms. The Morgan fingerprint density at radius 2 is 2.11 bits per heavy atom. The van der Waals surface area contributed by atoms with E-state index in [9.17, 15) is 22.8 Å². The number of alkyl halides is 2. The fraction of sp³-hybridized carbons (Fsp3) is 0.235. The molecule has 0 saturated heterocycles. The van der Waals surface area contributed by atoms with E-state index in [0.29, 0.717) is 0 Å². The maximum absolute atomic E-state index is 14.3. The van der Waals surface area contributed by atoms with E-state index in [0.717, 1.165) is 18.2 Å². The number of carbonyl (C=O) groups excluding carboxylic acids is 1. The molecular formula is C17H15F3N4O3. The molecule has 0 aliphatic carbocycles. The Hall–Kier alpha value is -3.14. The molecule has 2 heterocycles. The third-order valence-corrected chi connectivity index (χ3v) is 4.01. The lowest BCUT2D eigenvalue weighted by Gasteiger charge is -2.33. The molecule has 7 nitrogen and oxygen atoms in total. The molecule has 0 spiro atoms. The Morgan fingerprint density at radius 3 is 2.74 bits per heavy atom. The van der Waals surface area contributed by atoms with Crippen molar-refractivity contribution >= 4 is 17.4 Å². The molecule has 1 amide bonds. The van der Waals surface area contributed by atoms with Crippen molar-refractivity contribution in [2.75, 3.05) is 18.5 Å². The molecule has 1 aromatic carbocycles. The Morgan fingerprint density at radius 1 is 1.33 bits per heavy atom. The summed E-state index contributed by atoms with van der Waals surface area (Å²) in [6.07, 6.45) is -1.89. The molecule has 3 rings (SSSR count). The number of hydrogen-bond acceptors (Lipinski definition) is 5. The molecule has 0 unspecified atom stereocenters. The smallest absolute Gasteiger partial charge is 0.269 e. The van der Waals surface area contributed by atoms with Crippen molar-refractivity contribution in [3.63, 3.8) is 0 Å². The first-order valence-corrected chi connectivity index (χ1v) is 7.82. The highest BCUT2D eigenvalue weighted by molar-refractivity contribution is 6.04. The summed E-state index contributed by atoms with van der Waals surface area (Å²) < 4.78 is 46.9. The zero-order chi connectivity index (χ0) is 19.6. The van der Waals surface area contributed by atoms with Crippen LogP contribution in [0.1, 0.15) is 15.9 Å². The summed E-state index contributed by atoms with van der Waals surface area (Å²) in [5.74, 6) is -1.72. The van der Waals surface area contributed by atoms with Crippen LogP contribution in [0.15, 0.2) is 46.3 Å². The van der Waals surface area contributed by atoms with Crippen LogP contribution in [0.3, 0.4) is 0 Å². The molecule has 1 aliphatic heterocycles. The van der Waals surface area contributed by atoms with Crippen LogP contribution in [0, 0.1) is 5.82 Å². The van der Waals surface area contributed by atoms with E-state index in [1.165, 1.54) is 18.3 Å². The molecule has 1 aliphatic rings.